The smallest absolute Gasteiger partial charge is 0.182 e. The minimum Gasteiger partial charge on any atom is -0.370 e. The van der Waals surface area contributed by atoms with Crippen LogP contribution in [0.4, 0.5) is 5.82 Å². The van der Waals surface area contributed by atoms with Crippen molar-refractivity contribution in [2.24, 2.45) is 7.05 Å². The van der Waals surface area contributed by atoms with E-state index >= 15 is 0 Å². The molecule has 0 aromatic carbocycles. The molecule has 3 rings (SSSR count). The summed E-state index contributed by atoms with van der Waals surface area (Å²) in [5, 5.41) is 13.6. The molecule has 5 nitrogen and oxygen atoms in total. The van der Waals surface area contributed by atoms with Crippen molar-refractivity contribution in [1.29, 1.82) is 0 Å². The molecule has 1 aliphatic rings. The summed E-state index contributed by atoms with van der Waals surface area (Å²) in [5.41, 5.74) is 2.03. The van der Waals surface area contributed by atoms with Crippen molar-refractivity contribution in [3.63, 3.8) is 0 Å². The highest BCUT2D eigenvalue weighted by Crippen LogP contribution is 2.32. The summed E-state index contributed by atoms with van der Waals surface area (Å²) < 4.78 is 3.94. The van der Waals surface area contributed by atoms with Crippen molar-refractivity contribution < 1.29 is 0 Å². The van der Waals surface area contributed by atoms with Gasteiger partial charge in [-0.3, -0.25) is 0 Å². The van der Waals surface area contributed by atoms with Crippen LogP contribution in [0.1, 0.15) is 25.1 Å². The number of nitrogens with one attached hydrogen (secondary N) is 1. The number of hydrogen-bond acceptors (Lipinski definition) is 3. The number of rotatable bonds is 0. The van der Waals surface area contributed by atoms with Gasteiger partial charge in [-0.1, -0.05) is 0 Å². The van der Waals surface area contributed by atoms with Crippen LogP contribution in [-0.4, -0.2) is 26.1 Å². The van der Waals surface area contributed by atoms with Crippen molar-refractivity contribution >= 4 is 16.9 Å². The van der Waals surface area contributed by atoms with E-state index in [-0.39, 0.29) is 0 Å². The molecule has 80 valence electrons. The minimum absolute atomic E-state index is 0.480. The molecule has 1 unspecified atom stereocenters. The molecule has 0 fully saturated rings. The van der Waals surface area contributed by atoms with Crippen molar-refractivity contribution in [3.05, 3.63) is 5.69 Å². The van der Waals surface area contributed by atoms with Gasteiger partial charge in [0.2, 0.25) is 0 Å². The second-order valence-corrected chi connectivity index (χ2v) is 4.27. The third kappa shape index (κ3) is 1.03. The van der Waals surface area contributed by atoms with Crippen LogP contribution in [0.15, 0.2) is 0 Å². The van der Waals surface area contributed by atoms with Crippen LogP contribution in [0, 0.1) is 6.92 Å². The lowest BCUT2D eigenvalue weighted by Gasteiger charge is -2.22. The van der Waals surface area contributed by atoms with Crippen LogP contribution in [0.3, 0.4) is 0 Å². The number of aromatic nitrogens is 4. The molecule has 1 atom stereocenters. The molecule has 0 aliphatic carbocycles. The molecule has 0 spiro atoms. The van der Waals surface area contributed by atoms with E-state index in [0.717, 1.165) is 30.1 Å². The molecular formula is C10H15N5. The van der Waals surface area contributed by atoms with E-state index < -0.39 is 0 Å². The SMILES string of the molecule is Cc1nn(C)c2nn3c(c12)NCCC3C. The average Bonchev–Trinajstić information content (AvgIpc) is 2.68. The summed E-state index contributed by atoms with van der Waals surface area (Å²) in [4.78, 5) is 0. The third-order valence-corrected chi connectivity index (χ3v) is 3.13. The third-order valence-electron chi connectivity index (χ3n) is 3.13. The fourth-order valence-corrected chi connectivity index (χ4v) is 2.31. The summed E-state index contributed by atoms with van der Waals surface area (Å²) in [5.74, 6) is 1.13. The number of fused-ring (bicyclic) bond motifs is 3. The maximum absolute atomic E-state index is 4.61. The molecule has 0 saturated heterocycles. The Hall–Kier alpha value is -1.52. The topological polar surface area (TPSA) is 47.7 Å². The Morgan fingerprint density at radius 3 is 3.00 bits per heavy atom. The molecule has 3 heterocycles. The molecule has 2 aromatic heterocycles. The second kappa shape index (κ2) is 2.74. The fraction of sp³-hybridized carbons (Fsp3) is 0.600. The van der Waals surface area contributed by atoms with Crippen LogP contribution in [-0.2, 0) is 7.05 Å². The number of anilines is 1. The predicted molar refractivity (Wildman–Crippen MR) is 59.1 cm³/mol. The highest BCUT2D eigenvalue weighted by atomic mass is 15.4. The van der Waals surface area contributed by atoms with E-state index in [4.69, 9.17) is 0 Å². The number of nitrogens with zero attached hydrogens (tertiary/aromatic N) is 4. The van der Waals surface area contributed by atoms with E-state index in [2.05, 4.69) is 27.1 Å². The lowest BCUT2D eigenvalue weighted by Crippen LogP contribution is -2.21. The van der Waals surface area contributed by atoms with Crippen molar-refractivity contribution in [2.75, 3.05) is 11.9 Å². The van der Waals surface area contributed by atoms with Gasteiger partial charge in [-0.2, -0.15) is 10.2 Å². The zero-order valence-corrected chi connectivity index (χ0v) is 9.28. The average molecular weight is 205 g/mol. The van der Waals surface area contributed by atoms with Crippen LogP contribution in [0.2, 0.25) is 0 Å². The van der Waals surface area contributed by atoms with E-state index in [0.29, 0.717) is 6.04 Å². The van der Waals surface area contributed by atoms with Gasteiger partial charge in [-0.05, 0) is 20.3 Å². The fourth-order valence-electron chi connectivity index (χ4n) is 2.31. The largest absolute Gasteiger partial charge is 0.370 e. The summed E-state index contributed by atoms with van der Waals surface area (Å²) in [6.45, 7) is 5.26. The van der Waals surface area contributed by atoms with Gasteiger partial charge in [-0.25, -0.2) is 9.36 Å². The van der Waals surface area contributed by atoms with Gasteiger partial charge in [0.1, 0.15) is 5.82 Å². The zero-order chi connectivity index (χ0) is 10.6. The maximum atomic E-state index is 4.61. The number of aryl methyl sites for hydroxylation is 2. The highest BCUT2D eigenvalue weighted by molar-refractivity contribution is 5.90. The van der Waals surface area contributed by atoms with E-state index in [1.807, 2.05) is 18.7 Å². The molecule has 0 radical (unpaired) electrons. The Balaban J connectivity index is 2.36. The first-order chi connectivity index (χ1) is 7.18. The van der Waals surface area contributed by atoms with Crippen LogP contribution in [0.25, 0.3) is 11.0 Å². The van der Waals surface area contributed by atoms with E-state index in [9.17, 15) is 0 Å². The molecule has 0 saturated carbocycles. The zero-order valence-electron chi connectivity index (χ0n) is 9.28. The van der Waals surface area contributed by atoms with Crippen molar-refractivity contribution in [3.8, 4) is 0 Å². The van der Waals surface area contributed by atoms with E-state index in [1.54, 1.807) is 0 Å². The van der Waals surface area contributed by atoms with Crippen LogP contribution < -0.4 is 5.32 Å². The summed E-state index contributed by atoms with van der Waals surface area (Å²) in [6.07, 6.45) is 1.13. The van der Waals surface area contributed by atoms with Gasteiger partial charge >= 0.3 is 0 Å². The standard InChI is InChI=1S/C10H15N5/c1-6-4-5-11-9-8-7(2)12-14(3)10(8)13-15(6)9/h6,11H,4-5H2,1-3H3. The highest BCUT2D eigenvalue weighted by Gasteiger charge is 2.23. The van der Waals surface area contributed by atoms with Gasteiger partial charge in [0, 0.05) is 13.6 Å². The molecule has 15 heavy (non-hydrogen) atoms. The molecular weight excluding hydrogens is 190 g/mol. The van der Waals surface area contributed by atoms with Gasteiger partial charge in [0.15, 0.2) is 5.65 Å². The normalized spacial score (nSPS) is 20.3. The first-order valence-corrected chi connectivity index (χ1v) is 5.34. The van der Waals surface area contributed by atoms with Crippen LogP contribution >= 0.6 is 0 Å². The predicted octanol–water partition coefficient (Wildman–Crippen LogP) is 1.45. The van der Waals surface area contributed by atoms with Crippen molar-refractivity contribution in [2.45, 2.75) is 26.3 Å². The maximum Gasteiger partial charge on any atom is 0.182 e. The molecule has 0 bridgehead atoms. The van der Waals surface area contributed by atoms with Gasteiger partial charge in [0.25, 0.3) is 0 Å². The summed E-state index contributed by atoms with van der Waals surface area (Å²) in [6, 6.07) is 0.480. The van der Waals surface area contributed by atoms with Gasteiger partial charge in [-0.15, -0.1) is 0 Å². The summed E-state index contributed by atoms with van der Waals surface area (Å²) in [7, 11) is 1.94. The Bertz CT molecular complexity index is 521. The van der Waals surface area contributed by atoms with Gasteiger partial charge in [0.05, 0.1) is 17.1 Å². The lowest BCUT2D eigenvalue weighted by molar-refractivity contribution is 0.454. The Kier molecular flexibility index (Phi) is 1.60. The molecule has 1 N–H and O–H groups in total. The first kappa shape index (κ1) is 8.76. The van der Waals surface area contributed by atoms with Gasteiger partial charge < -0.3 is 5.32 Å². The first-order valence-electron chi connectivity index (χ1n) is 5.34. The Labute approximate surface area is 88.1 Å². The monoisotopic (exact) mass is 205 g/mol. The molecule has 1 aliphatic heterocycles. The lowest BCUT2D eigenvalue weighted by atomic mass is 10.2. The minimum atomic E-state index is 0.480. The van der Waals surface area contributed by atoms with Crippen molar-refractivity contribution in [1.82, 2.24) is 19.6 Å². The van der Waals surface area contributed by atoms with E-state index in [1.165, 1.54) is 5.39 Å². The summed E-state index contributed by atoms with van der Waals surface area (Å²) >= 11 is 0. The molecule has 2 aromatic rings. The number of hydrogen-bond donors (Lipinski definition) is 1. The Morgan fingerprint density at radius 2 is 2.20 bits per heavy atom. The molecule has 0 amide bonds. The van der Waals surface area contributed by atoms with Crippen LogP contribution in [0.5, 0.6) is 0 Å². The quantitative estimate of drug-likeness (QED) is 0.708. The second-order valence-electron chi connectivity index (χ2n) is 4.27. The Morgan fingerprint density at radius 1 is 1.40 bits per heavy atom. The molecule has 5 heteroatoms.